The van der Waals surface area contributed by atoms with Gasteiger partial charge in [0.2, 0.25) is 23.6 Å². The molecule has 0 saturated heterocycles. The molecule has 105 heavy (non-hydrogen) atoms. The lowest BCUT2D eigenvalue weighted by molar-refractivity contribution is -0.166. The number of carboxylic acid groups (broad SMARTS) is 1. The second kappa shape index (κ2) is 41.7. The van der Waals surface area contributed by atoms with Crippen LogP contribution < -0.4 is 30.7 Å². The Balaban J connectivity index is 0.734. The Morgan fingerprint density at radius 1 is 0.619 bits per heavy atom. The van der Waals surface area contributed by atoms with Crippen LogP contribution in [0.5, 0.6) is 11.5 Å². The number of benzene rings is 3. The molecular weight excluding hydrogens is 1380 g/mol. The summed E-state index contributed by atoms with van der Waals surface area (Å²) in [6, 6.07) is 20.6. The monoisotopic (exact) mass is 1490 g/mol. The number of methoxy groups -OCH3 is 2. The van der Waals surface area contributed by atoms with Gasteiger partial charge in [-0.2, -0.15) is 5.10 Å². The van der Waals surface area contributed by atoms with Gasteiger partial charge in [0.05, 0.1) is 36.2 Å². The number of carbonyl (C=O) groups excluding carboxylic acids is 7. The van der Waals surface area contributed by atoms with Crippen molar-refractivity contribution in [3.63, 3.8) is 0 Å². The van der Waals surface area contributed by atoms with E-state index in [1.165, 1.54) is 6.92 Å². The maximum Gasteiger partial charge on any atom is 0.330 e. The first-order valence-corrected chi connectivity index (χ1v) is 38.1. The molecule has 8 rings (SSSR count). The third-order valence-corrected chi connectivity index (χ3v) is 21.3. The fraction of sp³-hybridized carbons (Fsp3) is 0.597. The second-order valence-corrected chi connectivity index (χ2v) is 29.8. The van der Waals surface area contributed by atoms with Crippen molar-refractivity contribution in [3.05, 3.63) is 89.1 Å². The third kappa shape index (κ3) is 24.7. The van der Waals surface area contributed by atoms with Crippen molar-refractivity contribution in [2.24, 2.45) is 23.7 Å². The van der Waals surface area contributed by atoms with Crippen molar-refractivity contribution in [1.82, 2.24) is 55.6 Å². The van der Waals surface area contributed by atoms with Crippen molar-refractivity contribution >= 4 is 87.4 Å². The second-order valence-electron chi connectivity index (χ2n) is 28.9. The lowest BCUT2D eigenvalue weighted by Crippen LogP contribution is -2.70. The predicted octanol–water partition coefficient (Wildman–Crippen LogP) is 10.5. The van der Waals surface area contributed by atoms with E-state index in [0.29, 0.717) is 149 Å². The number of nitrogens with one attached hydrogen (secondary N) is 4. The van der Waals surface area contributed by atoms with Gasteiger partial charge in [-0.3, -0.25) is 49.2 Å². The first-order chi connectivity index (χ1) is 50.2. The number of anilines is 1. The zero-order valence-corrected chi connectivity index (χ0v) is 64.3. The summed E-state index contributed by atoms with van der Waals surface area (Å²) in [5.41, 5.74) is 3.65. The van der Waals surface area contributed by atoms with Crippen LogP contribution in [0.3, 0.4) is 0 Å². The van der Waals surface area contributed by atoms with E-state index in [2.05, 4.69) is 33.2 Å². The normalized spacial score (nSPS) is 17.0. The van der Waals surface area contributed by atoms with Gasteiger partial charge >= 0.3 is 5.97 Å². The quantitative estimate of drug-likeness (QED) is 0.00882. The zero-order valence-electron chi connectivity index (χ0n) is 62.6. The molecule has 6 amide bonds. The van der Waals surface area contributed by atoms with Crippen LogP contribution in [0.2, 0.25) is 0 Å². The molecule has 4 bridgehead atoms. The Kier molecular flexibility index (Phi) is 33.4. The van der Waals surface area contributed by atoms with E-state index in [0.717, 1.165) is 94.2 Å². The van der Waals surface area contributed by atoms with Crippen molar-refractivity contribution in [1.29, 1.82) is 0 Å². The topological polar surface area (TPSA) is 321 Å². The van der Waals surface area contributed by atoms with E-state index in [4.69, 9.17) is 39.0 Å². The molecule has 4 aliphatic rings. The summed E-state index contributed by atoms with van der Waals surface area (Å²) in [7, 11) is 8.98. The number of thiocarbonyl (C=S) groups is 2. The molecule has 4 aromatic rings. The molecule has 0 aliphatic heterocycles. The van der Waals surface area contributed by atoms with Crippen LogP contribution in [-0.2, 0) is 35.2 Å². The number of aliphatic carboxylic acids is 1. The van der Waals surface area contributed by atoms with Gasteiger partial charge in [-0.15, -0.1) is 0 Å². The minimum absolute atomic E-state index is 0.0358. The van der Waals surface area contributed by atoms with Crippen LogP contribution in [0.4, 0.5) is 5.69 Å². The largest absolute Gasteiger partial charge is 0.496 e. The van der Waals surface area contributed by atoms with Crippen molar-refractivity contribution in [3.8, 4) is 28.4 Å². The van der Waals surface area contributed by atoms with Gasteiger partial charge in [0.15, 0.2) is 10.8 Å². The number of ketones is 1. The molecular formula is C77H112N12O14S2. The van der Waals surface area contributed by atoms with Crippen molar-refractivity contribution in [2.75, 3.05) is 99.6 Å². The number of hydrogen-bond donors (Lipinski definition) is 8. The van der Waals surface area contributed by atoms with Gasteiger partial charge in [0, 0.05) is 117 Å². The molecule has 4 saturated carbocycles. The highest BCUT2D eigenvalue weighted by Crippen LogP contribution is 2.58. The van der Waals surface area contributed by atoms with Crippen LogP contribution in [0, 0.1) is 23.7 Å². The van der Waals surface area contributed by atoms with E-state index >= 15 is 0 Å². The average Bonchev–Trinajstić information content (AvgIpc) is 1.14. The summed E-state index contributed by atoms with van der Waals surface area (Å²) < 4.78 is 13.4. The molecule has 0 atom stereocenters. The highest BCUT2D eigenvalue weighted by atomic mass is 32.1. The van der Waals surface area contributed by atoms with E-state index in [9.17, 15) is 59.1 Å². The summed E-state index contributed by atoms with van der Waals surface area (Å²) in [6.07, 6.45) is 13.1. The average molecular weight is 1490 g/mol. The first-order valence-electron chi connectivity index (χ1n) is 37.3. The summed E-state index contributed by atoms with van der Waals surface area (Å²) in [4.78, 5) is 109. The molecule has 4 fully saturated rings. The number of carbonyl (C=O) groups is 8. The number of carboxylic acids is 1. The Labute approximate surface area is 629 Å². The number of aromatic nitrogens is 2. The van der Waals surface area contributed by atoms with Crippen molar-refractivity contribution in [2.45, 2.75) is 180 Å². The number of rotatable bonds is 45. The Morgan fingerprint density at radius 3 is 1.74 bits per heavy atom. The maximum atomic E-state index is 14.6. The summed E-state index contributed by atoms with van der Waals surface area (Å²) in [5, 5.41) is 60.6. The van der Waals surface area contributed by atoms with E-state index in [1.807, 2.05) is 87.4 Å². The maximum absolute atomic E-state index is 14.6. The van der Waals surface area contributed by atoms with Gasteiger partial charge in [0.25, 0.3) is 11.8 Å². The number of unbranched alkanes of at least 4 members (excludes halogenated alkanes) is 7. The molecule has 3 aromatic carbocycles. The summed E-state index contributed by atoms with van der Waals surface area (Å²) in [5.74, 6) is -1.92. The number of amides is 6. The lowest BCUT2D eigenvalue weighted by Gasteiger charge is -2.59. The molecule has 0 radical (unpaired) electrons. The molecule has 0 spiro atoms. The third-order valence-electron chi connectivity index (χ3n) is 20.6. The number of hydroxylamine groups is 6. The predicted molar refractivity (Wildman–Crippen MR) is 408 cm³/mol. The molecule has 576 valence electrons. The Bertz CT molecular complexity index is 3560. The lowest BCUT2D eigenvalue weighted by atomic mass is 9.48. The highest BCUT2D eigenvalue weighted by molar-refractivity contribution is 7.80. The molecule has 1 heterocycles. The SMILES string of the molecule is COc1cccc(OC)c1-c1cc(C(=O)NC2(C(=O)O)C3CC4CC(C3)CC2C4)nn1-c1ccc(C(=O)N(C)CCCN(C)CCCN(C)C(=S)Nc2ccc(CC(=S)NCCCCCN(O)C(=O)CCC(=O)CCCCCCN(O)C(=O)CCC(=O)NCCCCCN(O)C(C)=O)cc2)cc1C(C)C. The van der Waals surface area contributed by atoms with Crippen LogP contribution >= 0.6 is 24.4 Å². The number of hydrogen-bond acceptors (Lipinski definition) is 17. The molecule has 8 N–H and O–H groups in total. The van der Waals surface area contributed by atoms with Crippen molar-refractivity contribution < 1.29 is 68.6 Å². The molecule has 26 nitrogen and oxygen atoms in total. The molecule has 1 aromatic heterocycles. The number of nitrogens with zero attached hydrogens (tertiary/aromatic N) is 8. The van der Waals surface area contributed by atoms with Crippen LogP contribution in [0.15, 0.2) is 66.7 Å². The van der Waals surface area contributed by atoms with Crippen LogP contribution in [0.1, 0.15) is 200 Å². The summed E-state index contributed by atoms with van der Waals surface area (Å²) >= 11 is 11.4. The van der Waals surface area contributed by atoms with Gasteiger partial charge in [-0.05, 0) is 218 Å². The molecule has 28 heteroatoms. The Hall–Kier alpha value is -8.15. The first kappa shape index (κ1) is 84.1. The smallest absolute Gasteiger partial charge is 0.330 e. The Morgan fingerprint density at radius 2 is 1.17 bits per heavy atom. The minimum Gasteiger partial charge on any atom is -0.496 e. The fourth-order valence-electron chi connectivity index (χ4n) is 14.8. The minimum atomic E-state index is -1.37. The van der Waals surface area contributed by atoms with E-state index in [1.54, 1.807) is 35.9 Å². The van der Waals surface area contributed by atoms with Gasteiger partial charge in [0.1, 0.15) is 22.8 Å². The number of Topliss-reactive ketones (excluding diaryl/α,β-unsaturated/α-hetero) is 1. The zero-order chi connectivity index (χ0) is 76.3. The summed E-state index contributed by atoms with van der Waals surface area (Å²) in [6.45, 7) is 9.76. The highest BCUT2D eigenvalue weighted by Gasteiger charge is 2.62. The van der Waals surface area contributed by atoms with Crippen LogP contribution in [0.25, 0.3) is 16.9 Å². The molecule has 0 unspecified atom stereocenters. The van der Waals surface area contributed by atoms with Crippen LogP contribution in [-0.4, -0.2) is 217 Å². The van der Waals surface area contributed by atoms with Gasteiger partial charge in [-0.25, -0.2) is 24.7 Å². The fourth-order valence-corrected chi connectivity index (χ4v) is 15.3. The number of ether oxygens (including phenoxy) is 2. The van der Waals surface area contributed by atoms with E-state index in [-0.39, 0.29) is 92.8 Å². The van der Waals surface area contributed by atoms with Gasteiger partial charge < -0.3 is 50.5 Å². The standard InChI is InChI=1S/C77H112N12O14S2/c1-52(2)62-50-57(27-31-64(62)89-65(72-66(102-7)23-19-24-67(72)103-8)51-63(82-89)73(95)81-77(75(97)98)58-45-55-44-56(47-58)48-59(77)46-55)74(96)84(5)39-20-37-83(4)38-21-40-85(6)76(105)80-60-28-25-54(26-29-60)49-69(104)79-36-15-12-18-43-87(100)70(93)33-30-61(91)22-13-9-10-16-42-88(101)71(94)34-32-68(92)78-35-14-11-17-41-86(99)53(3)90/h19,23-29,31,50-52,55-56,58-59,99-101H,9-18,20-22,30,32-49H2,1-8H3,(H,78,92)(H,79,104)(H,80,105)(H,81,95)(H,97,98). The molecule has 4 aliphatic carbocycles. The van der Waals surface area contributed by atoms with Gasteiger partial charge in [-0.1, -0.05) is 57.1 Å². The van der Waals surface area contributed by atoms with E-state index < -0.39 is 35.1 Å².